The third kappa shape index (κ3) is 2.99. The van der Waals surface area contributed by atoms with Crippen LogP contribution in [0.4, 0.5) is 4.39 Å². The van der Waals surface area contributed by atoms with Gasteiger partial charge in [0.15, 0.2) is 5.69 Å². The number of benzene rings is 2. The molecule has 0 amide bonds. The Hall–Kier alpha value is -2.22. The molecule has 2 bridgehead atoms. The van der Waals surface area contributed by atoms with Gasteiger partial charge in [-0.15, -0.1) is 0 Å². The van der Waals surface area contributed by atoms with Crippen molar-refractivity contribution in [1.82, 2.24) is 0 Å². The van der Waals surface area contributed by atoms with E-state index in [1.807, 2.05) is 40.8 Å². The Balaban J connectivity index is 1.74. The number of rotatable bonds is 2. The van der Waals surface area contributed by atoms with Crippen LogP contribution in [0.1, 0.15) is 67.3 Å². The molecule has 0 saturated heterocycles. The van der Waals surface area contributed by atoms with E-state index in [1.54, 1.807) is 0 Å². The van der Waals surface area contributed by atoms with Gasteiger partial charge in [0.05, 0.1) is 12.3 Å². The number of fused-ring (bicyclic) bond motifs is 4. The normalized spacial score (nSPS) is 23.8. The minimum atomic E-state index is -0.114. The Labute approximate surface area is 181 Å². The van der Waals surface area contributed by atoms with Gasteiger partial charge in [-0.25, -0.2) is 4.39 Å². The number of pyridine rings is 1. The Morgan fingerprint density at radius 1 is 1.00 bits per heavy atom. The Morgan fingerprint density at radius 3 is 2.40 bits per heavy atom. The lowest BCUT2D eigenvalue weighted by Crippen LogP contribution is -2.35. The molecule has 3 fully saturated rings. The van der Waals surface area contributed by atoms with Crippen molar-refractivity contribution in [2.24, 2.45) is 18.9 Å². The van der Waals surface area contributed by atoms with Crippen LogP contribution in [-0.4, -0.2) is 0 Å². The molecule has 1 heterocycles. The molecule has 2 aromatic carbocycles. The highest BCUT2D eigenvalue weighted by atomic mass is 19.1. The second-order valence-electron chi connectivity index (χ2n) is 9.85. The van der Waals surface area contributed by atoms with E-state index < -0.39 is 0 Å². The zero-order valence-corrected chi connectivity index (χ0v) is 18.9. The van der Waals surface area contributed by atoms with Gasteiger partial charge in [0.1, 0.15) is 12.9 Å². The zero-order valence-electron chi connectivity index (χ0n) is 19.9. The summed E-state index contributed by atoms with van der Waals surface area (Å²) in [6.07, 6.45) is 6.84. The maximum atomic E-state index is 14.5. The quantitative estimate of drug-likeness (QED) is 0.406. The van der Waals surface area contributed by atoms with E-state index >= 15 is 0 Å². The fourth-order valence-corrected chi connectivity index (χ4v) is 6.14. The molecule has 156 valence electrons. The first kappa shape index (κ1) is 18.5. The molecule has 0 aliphatic heterocycles. The van der Waals surface area contributed by atoms with Crippen LogP contribution < -0.4 is 4.57 Å². The summed E-state index contributed by atoms with van der Waals surface area (Å²) in [5.74, 6) is 2.23. The maximum absolute atomic E-state index is 14.5. The van der Waals surface area contributed by atoms with Gasteiger partial charge in [0, 0.05) is 13.0 Å². The van der Waals surface area contributed by atoms with Gasteiger partial charge in [-0.05, 0) is 97.6 Å². The van der Waals surface area contributed by atoms with Gasteiger partial charge >= 0.3 is 0 Å². The molecule has 3 aliphatic rings. The first-order valence-electron chi connectivity index (χ1n) is 12.0. The SMILES string of the molecule is [2H]c1c(C)[n+](C)c(-c2cc(C)c(F)c(C)c2C)c2ccc(C3CC4CCC3CC4)cc12. The molecule has 0 radical (unpaired) electrons. The molecule has 2 heteroatoms. The number of hydrogen-bond donors (Lipinski definition) is 0. The monoisotopic (exact) mass is 403 g/mol. The largest absolute Gasteiger partial charge is 0.220 e. The van der Waals surface area contributed by atoms with Gasteiger partial charge in [0.25, 0.3) is 0 Å². The van der Waals surface area contributed by atoms with Gasteiger partial charge in [-0.3, -0.25) is 0 Å². The smallest absolute Gasteiger partial charge is 0.206 e. The van der Waals surface area contributed by atoms with E-state index in [0.717, 1.165) is 45.1 Å². The third-order valence-electron chi connectivity index (χ3n) is 8.19. The predicted molar refractivity (Wildman–Crippen MR) is 122 cm³/mol. The molecule has 1 aromatic heterocycles. The Bertz CT molecular complexity index is 1200. The fourth-order valence-electron chi connectivity index (χ4n) is 6.14. The van der Waals surface area contributed by atoms with Crippen molar-refractivity contribution >= 4 is 10.8 Å². The third-order valence-corrected chi connectivity index (χ3v) is 8.19. The van der Waals surface area contributed by atoms with Crippen molar-refractivity contribution in [2.75, 3.05) is 0 Å². The lowest BCUT2D eigenvalue weighted by atomic mass is 9.63. The Kier molecular flexibility index (Phi) is 4.44. The van der Waals surface area contributed by atoms with Crippen molar-refractivity contribution in [3.05, 3.63) is 64.1 Å². The molecule has 1 unspecified atom stereocenters. The summed E-state index contributed by atoms with van der Waals surface area (Å²) in [5, 5.41) is 2.12. The molecule has 1 nitrogen and oxygen atoms in total. The highest BCUT2D eigenvalue weighted by Gasteiger charge is 2.36. The molecule has 0 spiro atoms. The molecular formula is C28H33FN+. The zero-order chi connectivity index (χ0) is 22.0. The van der Waals surface area contributed by atoms with Crippen LogP contribution in [0.3, 0.4) is 0 Å². The van der Waals surface area contributed by atoms with Gasteiger partial charge in [-0.1, -0.05) is 25.0 Å². The molecule has 3 aromatic rings. The summed E-state index contributed by atoms with van der Waals surface area (Å²) in [4.78, 5) is 0. The van der Waals surface area contributed by atoms with Gasteiger partial charge in [0.2, 0.25) is 5.69 Å². The minimum Gasteiger partial charge on any atom is -0.206 e. The van der Waals surface area contributed by atoms with Crippen LogP contribution in [0.25, 0.3) is 22.0 Å². The first-order chi connectivity index (χ1) is 14.8. The molecule has 1 atom stereocenters. The van der Waals surface area contributed by atoms with Crippen LogP contribution in [0, 0.1) is 45.3 Å². The standard InChI is InChI=1S/C28H33FN/c1-16-12-25(18(3)19(4)27(16)29)28-24-11-10-22(15-23(24)13-17(2)30(28)5)26-14-20-6-8-21(26)9-7-20/h10-13,15,20-21,26H,6-9,14H2,1-5H3/q+1/i13D. The second kappa shape index (κ2) is 7.18. The summed E-state index contributed by atoms with van der Waals surface area (Å²) in [6, 6.07) is 9.43. The van der Waals surface area contributed by atoms with Crippen LogP contribution in [0.5, 0.6) is 0 Å². The summed E-state index contributed by atoms with van der Waals surface area (Å²) in [6.45, 7) is 7.75. The topological polar surface area (TPSA) is 3.88 Å². The number of aryl methyl sites for hydroxylation is 1. The highest BCUT2D eigenvalue weighted by molar-refractivity contribution is 5.94. The number of nitrogens with zero attached hydrogens (tertiary/aromatic N) is 1. The summed E-state index contributed by atoms with van der Waals surface area (Å²) in [5.41, 5.74) is 6.88. The van der Waals surface area contributed by atoms with Crippen LogP contribution in [0.2, 0.25) is 0 Å². The molecule has 3 aliphatic carbocycles. The van der Waals surface area contributed by atoms with Crippen LogP contribution >= 0.6 is 0 Å². The molecule has 0 N–H and O–H groups in total. The maximum Gasteiger partial charge on any atom is 0.220 e. The first-order valence-corrected chi connectivity index (χ1v) is 11.5. The number of aromatic nitrogens is 1. The van der Waals surface area contributed by atoms with Gasteiger partial charge < -0.3 is 0 Å². The second-order valence-corrected chi connectivity index (χ2v) is 9.85. The molecule has 3 saturated carbocycles. The van der Waals surface area contributed by atoms with Crippen molar-refractivity contribution < 1.29 is 10.3 Å². The molecule has 6 rings (SSSR count). The molecule has 30 heavy (non-hydrogen) atoms. The van der Waals surface area contributed by atoms with E-state index in [9.17, 15) is 4.39 Å². The fraction of sp³-hybridized carbons (Fsp3) is 0.464. The average molecular weight is 404 g/mol. The van der Waals surface area contributed by atoms with E-state index in [4.69, 9.17) is 1.37 Å². The summed E-state index contributed by atoms with van der Waals surface area (Å²) >= 11 is 0. The number of hydrogen-bond acceptors (Lipinski definition) is 0. The van der Waals surface area contributed by atoms with Crippen molar-refractivity contribution in [1.29, 1.82) is 0 Å². The summed E-state index contributed by atoms with van der Waals surface area (Å²) < 4.78 is 25.6. The van der Waals surface area contributed by atoms with Crippen molar-refractivity contribution in [3.8, 4) is 11.3 Å². The Morgan fingerprint density at radius 2 is 1.73 bits per heavy atom. The predicted octanol–water partition coefficient (Wildman–Crippen LogP) is 7.00. The minimum absolute atomic E-state index is 0.114. The van der Waals surface area contributed by atoms with Crippen LogP contribution in [0.15, 0.2) is 30.3 Å². The molecular weight excluding hydrogens is 369 g/mol. The van der Waals surface area contributed by atoms with Crippen molar-refractivity contribution in [3.63, 3.8) is 0 Å². The van der Waals surface area contributed by atoms with Gasteiger partial charge in [-0.2, -0.15) is 4.57 Å². The van der Waals surface area contributed by atoms with E-state index in [0.29, 0.717) is 23.1 Å². The highest BCUT2D eigenvalue weighted by Crippen LogP contribution is 2.50. The lowest BCUT2D eigenvalue weighted by molar-refractivity contribution is -0.665. The lowest BCUT2D eigenvalue weighted by Gasteiger charge is -2.42. The van der Waals surface area contributed by atoms with Crippen LogP contribution in [-0.2, 0) is 7.05 Å². The number of halogens is 1. The average Bonchev–Trinajstić information content (AvgIpc) is 2.80. The van der Waals surface area contributed by atoms with E-state index in [-0.39, 0.29) is 5.82 Å². The van der Waals surface area contributed by atoms with E-state index in [2.05, 4.69) is 22.8 Å². The summed E-state index contributed by atoms with van der Waals surface area (Å²) in [7, 11) is 2.03. The van der Waals surface area contributed by atoms with Crippen molar-refractivity contribution in [2.45, 2.75) is 65.7 Å². The van der Waals surface area contributed by atoms with E-state index in [1.165, 1.54) is 37.7 Å².